The SMILES string of the molecule is OC1=C(c2cccc(-c3ccc4c(c3)c3cc(-c5cccc(-c6ccccc6)c5)ccc3n4-c3ccccc3)c2)CCC=C1. The molecule has 8 rings (SSSR count). The molecule has 0 bridgehead atoms. The smallest absolute Gasteiger partial charge is 0.119 e. The van der Waals surface area contributed by atoms with Crippen LogP contribution in [0.5, 0.6) is 0 Å². The Bertz CT molecular complexity index is 2220. The second-order valence-corrected chi connectivity index (χ2v) is 11.5. The molecule has 1 aliphatic carbocycles. The highest BCUT2D eigenvalue weighted by Crippen LogP contribution is 2.38. The van der Waals surface area contributed by atoms with Gasteiger partial charge < -0.3 is 9.67 Å². The number of allylic oxidation sites excluding steroid dienone is 3. The molecule has 7 aromatic rings. The third-order valence-corrected chi connectivity index (χ3v) is 8.77. The number of fused-ring (bicyclic) bond motifs is 3. The van der Waals surface area contributed by atoms with Gasteiger partial charge in [0, 0.05) is 22.0 Å². The molecule has 0 fully saturated rings. The Morgan fingerprint density at radius 2 is 0.955 bits per heavy atom. The number of benzene rings is 6. The predicted octanol–water partition coefficient (Wildman–Crippen LogP) is 11.4. The Labute approximate surface area is 257 Å². The van der Waals surface area contributed by atoms with Gasteiger partial charge in [-0.1, -0.05) is 103 Å². The first-order valence-electron chi connectivity index (χ1n) is 15.2. The van der Waals surface area contributed by atoms with Gasteiger partial charge in [0.2, 0.25) is 0 Å². The number of aliphatic hydroxyl groups is 1. The summed E-state index contributed by atoms with van der Waals surface area (Å²) in [6.07, 6.45) is 5.66. The first-order valence-corrected chi connectivity index (χ1v) is 15.2. The van der Waals surface area contributed by atoms with Crippen molar-refractivity contribution in [1.82, 2.24) is 4.57 Å². The highest BCUT2D eigenvalue weighted by Gasteiger charge is 2.16. The molecule has 1 aliphatic rings. The van der Waals surface area contributed by atoms with E-state index in [-0.39, 0.29) is 0 Å². The maximum absolute atomic E-state index is 10.5. The van der Waals surface area contributed by atoms with Crippen LogP contribution in [-0.4, -0.2) is 9.67 Å². The minimum Gasteiger partial charge on any atom is -0.508 e. The fourth-order valence-corrected chi connectivity index (χ4v) is 6.58. The monoisotopic (exact) mass is 565 g/mol. The van der Waals surface area contributed by atoms with Crippen molar-refractivity contribution in [3.8, 4) is 39.1 Å². The lowest BCUT2D eigenvalue weighted by Crippen LogP contribution is -1.95. The Balaban J connectivity index is 1.31. The van der Waals surface area contributed by atoms with Crippen LogP contribution < -0.4 is 0 Å². The first kappa shape index (κ1) is 26.1. The third kappa shape index (κ3) is 4.62. The number of rotatable bonds is 5. The average Bonchev–Trinajstić information content (AvgIpc) is 3.42. The molecule has 2 heteroatoms. The van der Waals surface area contributed by atoms with E-state index in [1.165, 1.54) is 44.1 Å². The molecular formula is C42H31NO. The lowest BCUT2D eigenvalue weighted by atomic mass is 9.93. The van der Waals surface area contributed by atoms with Crippen LogP contribution in [0.4, 0.5) is 0 Å². The Kier molecular flexibility index (Phi) is 6.46. The van der Waals surface area contributed by atoms with Crippen molar-refractivity contribution in [3.63, 3.8) is 0 Å². The van der Waals surface area contributed by atoms with Crippen LogP contribution in [0.1, 0.15) is 18.4 Å². The Morgan fingerprint density at radius 1 is 0.455 bits per heavy atom. The summed E-state index contributed by atoms with van der Waals surface area (Å²) in [5.74, 6) is 0.374. The molecule has 0 amide bonds. The van der Waals surface area contributed by atoms with E-state index in [4.69, 9.17) is 0 Å². The van der Waals surface area contributed by atoms with E-state index in [2.05, 4.69) is 150 Å². The summed E-state index contributed by atoms with van der Waals surface area (Å²) in [5, 5.41) is 13.0. The Morgan fingerprint density at radius 3 is 1.57 bits per heavy atom. The molecule has 0 saturated carbocycles. The quantitative estimate of drug-likeness (QED) is 0.221. The zero-order chi connectivity index (χ0) is 29.5. The molecule has 1 aromatic heterocycles. The van der Waals surface area contributed by atoms with Gasteiger partial charge in [-0.25, -0.2) is 0 Å². The van der Waals surface area contributed by atoms with Gasteiger partial charge in [-0.3, -0.25) is 0 Å². The van der Waals surface area contributed by atoms with E-state index in [0.717, 1.165) is 40.8 Å². The molecule has 0 saturated heterocycles. The molecule has 44 heavy (non-hydrogen) atoms. The highest BCUT2D eigenvalue weighted by atomic mass is 16.3. The maximum atomic E-state index is 10.5. The number of para-hydroxylation sites is 1. The van der Waals surface area contributed by atoms with Crippen molar-refractivity contribution in [2.24, 2.45) is 0 Å². The normalized spacial score (nSPS) is 13.2. The summed E-state index contributed by atoms with van der Waals surface area (Å²) in [4.78, 5) is 0. The largest absolute Gasteiger partial charge is 0.508 e. The number of aliphatic hydroxyl groups excluding tert-OH is 1. The van der Waals surface area contributed by atoms with Gasteiger partial charge in [0.25, 0.3) is 0 Å². The highest BCUT2D eigenvalue weighted by molar-refractivity contribution is 6.11. The van der Waals surface area contributed by atoms with E-state index in [0.29, 0.717) is 5.76 Å². The minimum absolute atomic E-state index is 0.374. The number of aromatic nitrogens is 1. The minimum atomic E-state index is 0.374. The third-order valence-electron chi connectivity index (χ3n) is 8.77. The van der Waals surface area contributed by atoms with Crippen LogP contribution >= 0.6 is 0 Å². The van der Waals surface area contributed by atoms with Crippen LogP contribution in [0.25, 0.3) is 66.4 Å². The van der Waals surface area contributed by atoms with E-state index in [1.54, 1.807) is 0 Å². The fourth-order valence-electron chi connectivity index (χ4n) is 6.58. The van der Waals surface area contributed by atoms with Gasteiger partial charge in [-0.05, 0) is 106 Å². The standard InChI is InChI=1S/C42H31NO/c44-42-20-8-7-19-37(42)35-16-10-15-32(26-35)34-22-24-41-39(28-34)38-27-33(21-23-40(38)43(41)36-17-5-2-6-18-36)31-14-9-13-30(25-31)29-11-3-1-4-12-29/h1-6,8-18,20-28,44H,7,19H2. The number of hydrogen-bond donors (Lipinski definition) is 1. The van der Waals surface area contributed by atoms with Gasteiger partial charge in [-0.2, -0.15) is 0 Å². The van der Waals surface area contributed by atoms with Crippen molar-refractivity contribution in [3.05, 3.63) is 169 Å². The van der Waals surface area contributed by atoms with E-state index >= 15 is 0 Å². The van der Waals surface area contributed by atoms with Gasteiger partial charge in [0.15, 0.2) is 0 Å². The molecule has 0 atom stereocenters. The molecule has 2 nitrogen and oxygen atoms in total. The zero-order valence-electron chi connectivity index (χ0n) is 24.3. The zero-order valence-corrected chi connectivity index (χ0v) is 24.3. The van der Waals surface area contributed by atoms with Crippen LogP contribution in [-0.2, 0) is 0 Å². The lowest BCUT2D eigenvalue weighted by Gasteiger charge is -2.13. The first-order chi connectivity index (χ1) is 21.7. The van der Waals surface area contributed by atoms with E-state index in [9.17, 15) is 5.11 Å². The molecule has 6 aromatic carbocycles. The summed E-state index contributed by atoms with van der Waals surface area (Å²) < 4.78 is 2.37. The van der Waals surface area contributed by atoms with Crippen molar-refractivity contribution in [2.75, 3.05) is 0 Å². The fraction of sp³-hybridized carbons (Fsp3) is 0.0476. The summed E-state index contributed by atoms with van der Waals surface area (Å²) >= 11 is 0. The second kappa shape index (κ2) is 10.9. The predicted molar refractivity (Wildman–Crippen MR) is 185 cm³/mol. The van der Waals surface area contributed by atoms with Crippen molar-refractivity contribution in [1.29, 1.82) is 0 Å². The molecule has 1 heterocycles. The van der Waals surface area contributed by atoms with Gasteiger partial charge in [0.05, 0.1) is 11.0 Å². The lowest BCUT2D eigenvalue weighted by molar-refractivity contribution is 0.431. The number of nitrogens with zero attached hydrogens (tertiary/aromatic N) is 1. The molecule has 0 spiro atoms. The molecule has 0 aliphatic heterocycles. The summed E-state index contributed by atoms with van der Waals surface area (Å²) in [5.41, 5.74) is 12.7. The second-order valence-electron chi connectivity index (χ2n) is 11.5. The molecule has 0 radical (unpaired) electrons. The van der Waals surface area contributed by atoms with Crippen LogP contribution in [0, 0.1) is 0 Å². The topological polar surface area (TPSA) is 25.2 Å². The maximum Gasteiger partial charge on any atom is 0.119 e. The van der Waals surface area contributed by atoms with Crippen LogP contribution in [0.15, 0.2) is 164 Å². The summed E-state index contributed by atoms with van der Waals surface area (Å²) in [6.45, 7) is 0. The van der Waals surface area contributed by atoms with Crippen molar-refractivity contribution >= 4 is 27.4 Å². The summed E-state index contributed by atoms with van der Waals surface area (Å²) in [7, 11) is 0. The Hall–Kier alpha value is -5.60. The summed E-state index contributed by atoms with van der Waals surface area (Å²) in [6, 6.07) is 52.2. The van der Waals surface area contributed by atoms with Crippen LogP contribution in [0.2, 0.25) is 0 Å². The van der Waals surface area contributed by atoms with Gasteiger partial charge in [0.1, 0.15) is 5.76 Å². The van der Waals surface area contributed by atoms with Crippen molar-refractivity contribution < 1.29 is 5.11 Å². The molecule has 0 unspecified atom stereocenters. The average molecular weight is 566 g/mol. The molecule has 1 N–H and O–H groups in total. The number of hydrogen-bond acceptors (Lipinski definition) is 1. The van der Waals surface area contributed by atoms with E-state index in [1.807, 2.05) is 12.2 Å². The van der Waals surface area contributed by atoms with Crippen LogP contribution in [0.3, 0.4) is 0 Å². The van der Waals surface area contributed by atoms with Gasteiger partial charge in [-0.15, -0.1) is 0 Å². The molecule has 210 valence electrons. The molecular weight excluding hydrogens is 534 g/mol. The van der Waals surface area contributed by atoms with Crippen molar-refractivity contribution in [2.45, 2.75) is 12.8 Å². The van der Waals surface area contributed by atoms with Gasteiger partial charge >= 0.3 is 0 Å². The van der Waals surface area contributed by atoms with E-state index < -0.39 is 0 Å².